The molecule has 27 heavy (non-hydrogen) atoms. The first kappa shape index (κ1) is 16.2. The lowest BCUT2D eigenvalue weighted by Gasteiger charge is -2.25. The predicted molar refractivity (Wildman–Crippen MR) is 108 cm³/mol. The Kier molecular flexibility index (Phi) is 3.62. The number of thiazole rings is 1. The van der Waals surface area contributed by atoms with Gasteiger partial charge in [0.25, 0.3) is 0 Å². The van der Waals surface area contributed by atoms with Crippen molar-refractivity contribution in [3.05, 3.63) is 70.9 Å². The first-order chi connectivity index (χ1) is 13.1. The summed E-state index contributed by atoms with van der Waals surface area (Å²) in [4.78, 5) is 17.2. The van der Waals surface area contributed by atoms with Gasteiger partial charge in [0.1, 0.15) is 5.82 Å². The van der Waals surface area contributed by atoms with Crippen LogP contribution < -0.4 is 5.32 Å². The Labute approximate surface area is 160 Å². The Hall–Kier alpha value is -2.99. The number of benzene rings is 2. The Bertz CT molecular complexity index is 1160. The highest BCUT2D eigenvalue weighted by atomic mass is 32.1. The number of amides is 1. The van der Waals surface area contributed by atoms with Crippen LogP contribution in [0.25, 0.3) is 15.3 Å². The van der Waals surface area contributed by atoms with Crippen LogP contribution in [-0.4, -0.2) is 20.7 Å². The SMILES string of the molecule is Cc1ccccc1[C@H]1CC(=O)Nc2c1c(C)nn2-c1nc2ccccc2s1. The third kappa shape index (κ3) is 2.56. The van der Waals surface area contributed by atoms with E-state index in [1.165, 1.54) is 11.1 Å². The molecule has 0 radical (unpaired) electrons. The van der Waals surface area contributed by atoms with Gasteiger partial charge in [0.05, 0.1) is 15.9 Å². The summed E-state index contributed by atoms with van der Waals surface area (Å²) >= 11 is 1.58. The molecule has 0 spiro atoms. The second-order valence-corrected chi connectivity index (χ2v) is 7.89. The molecule has 0 saturated carbocycles. The molecule has 0 saturated heterocycles. The van der Waals surface area contributed by atoms with Gasteiger partial charge in [-0.25, -0.2) is 4.98 Å². The minimum absolute atomic E-state index is 0.0121. The van der Waals surface area contributed by atoms with E-state index in [1.54, 1.807) is 16.0 Å². The second-order valence-electron chi connectivity index (χ2n) is 6.89. The smallest absolute Gasteiger partial charge is 0.226 e. The van der Waals surface area contributed by atoms with Crippen molar-refractivity contribution < 1.29 is 4.79 Å². The van der Waals surface area contributed by atoms with E-state index in [9.17, 15) is 4.79 Å². The van der Waals surface area contributed by atoms with Crippen molar-refractivity contribution in [3.63, 3.8) is 0 Å². The van der Waals surface area contributed by atoms with Crippen molar-refractivity contribution in [2.24, 2.45) is 0 Å². The number of carbonyl (C=O) groups is 1. The van der Waals surface area contributed by atoms with Gasteiger partial charge in [0.15, 0.2) is 0 Å². The Morgan fingerprint density at radius 2 is 1.89 bits per heavy atom. The van der Waals surface area contributed by atoms with Crippen LogP contribution in [0.4, 0.5) is 5.82 Å². The van der Waals surface area contributed by atoms with Gasteiger partial charge in [-0.2, -0.15) is 9.78 Å². The third-order valence-electron chi connectivity index (χ3n) is 5.13. The first-order valence-electron chi connectivity index (χ1n) is 8.92. The van der Waals surface area contributed by atoms with Crippen LogP contribution in [0.3, 0.4) is 0 Å². The van der Waals surface area contributed by atoms with Crippen LogP contribution in [0.5, 0.6) is 0 Å². The Balaban J connectivity index is 1.70. The lowest BCUT2D eigenvalue weighted by atomic mass is 9.84. The highest BCUT2D eigenvalue weighted by Gasteiger charge is 2.33. The minimum atomic E-state index is 0.0121. The van der Waals surface area contributed by atoms with Gasteiger partial charge in [-0.15, -0.1) is 0 Å². The topological polar surface area (TPSA) is 59.8 Å². The maximum atomic E-state index is 12.5. The average molecular weight is 374 g/mol. The molecule has 4 aromatic rings. The van der Waals surface area contributed by atoms with E-state index < -0.39 is 0 Å². The average Bonchev–Trinajstić information content (AvgIpc) is 3.22. The van der Waals surface area contributed by atoms with Crippen molar-refractivity contribution in [1.29, 1.82) is 0 Å². The third-order valence-corrected chi connectivity index (χ3v) is 6.14. The molecular weight excluding hydrogens is 356 g/mol. The standard InChI is InChI=1S/C21H18N4OS/c1-12-7-3-4-8-14(12)15-11-18(26)23-20-19(15)13(2)24-25(20)21-22-16-9-5-6-10-17(16)27-21/h3-10,15H,11H2,1-2H3,(H,23,26)/t15-/m1/s1. The number of nitrogens with one attached hydrogen (secondary N) is 1. The fourth-order valence-corrected chi connectivity index (χ4v) is 4.80. The fraction of sp³-hybridized carbons (Fsp3) is 0.190. The highest BCUT2D eigenvalue weighted by Crippen LogP contribution is 2.41. The molecule has 0 unspecified atom stereocenters. The Morgan fingerprint density at radius 3 is 2.70 bits per heavy atom. The molecule has 1 N–H and O–H groups in total. The van der Waals surface area contributed by atoms with Crippen LogP contribution in [0.1, 0.15) is 34.7 Å². The van der Waals surface area contributed by atoms with Gasteiger partial charge in [0.2, 0.25) is 11.0 Å². The number of para-hydroxylation sites is 1. The normalized spacial score (nSPS) is 16.4. The number of hydrogen-bond acceptors (Lipinski definition) is 4. The molecule has 5 rings (SSSR count). The zero-order valence-corrected chi connectivity index (χ0v) is 15.9. The molecular formula is C21H18N4OS. The van der Waals surface area contributed by atoms with Gasteiger partial charge in [-0.3, -0.25) is 4.79 Å². The zero-order chi connectivity index (χ0) is 18.5. The summed E-state index contributed by atoms with van der Waals surface area (Å²) in [6, 6.07) is 16.3. The van der Waals surface area contributed by atoms with E-state index in [0.717, 1.165) is 32.4 Å². The van der Waals surface area contributed by atoms with E-state index in [-0.39, 0.29) is 11.8 Å². The van der Waals surface area contributed by atoms with Crippen LogP contribution in [-0.2, 0) is 4.79 Å². The van der Waals surface area contributed by atoms with Gasteiger partial charge < -0.3 is 5.32 Å². The summed E-state index contributed by atoms with van der Waals surface area (Å²) in [5, 5.41) is 8.56. The second kappa shape index (κ2) is 6.03. The van der Waals surface area contributed by atoms with Crippen molar-refractivity contribution in [3.8, 4) is 5.13 Å². The van der Waals surface area contributed by atoms with Crippen LogP contribution >= 0.6 is 11.3 Å². The van der Waals surface area contributed by atoms with Crippen LogP contribution in [0.2, 0.25) is 0 Å². The summed E-state index contributed by atoms with van der Waals surface area (Å²) in [6.45, 7) is 4.10. The van der Waals surface area contributed by atoms with E-state index in [0.29, 0.717) is 6.42 Å². The summed E-state index contributed by atoms with van der Waals surface area (Å²) in [5.41, 5.74) is 5.33. The molecule has 2 aromatic carbocycles. The minimum Gasteiger partial charge on any atom is -0.310 e. The molecule has 0 aliphatic carbocycles. The number of nitrogens with zero attached hydrogens (tertiary/aromatic N) is 3. The van der Waals surface area contributed by atoms with Gasteiger partial charge in [0, 0.05) is 17.9 Å². The van der Waals surface area contributed by atoms with Crippen LogP contribution in [0.15, 0.2) is 48.5 Å². The van der Waals surface area contributed by atoms with Gasteiger partial charge >= 0.3 is 0 Å². The highest BCUT2D eigenvalue weighted by molar-refractivity contribution is 7.20. The van der Waals surface area contributed by atoms with Crippen LogP contribution in [0, 0.1) is 13.8 Å². The molecule has 1 amide bonds. The maximum absolute atomic E-state index is 12.5. The predicted octanol–water partition coefficient (Wildman–Crippen LogP) is 4.57. The van der Waals surface area contributed by atoms with Gasteiger partial charge in [-0.1, -0.05) is 47.7 Å². The molecule has 3 heterocycles. The summed E-state index contributed by atoms with van der Waals surface area (Å²) < 4.78 is 2.89. The molecule has 6 heteroatoms. The number of hydrogen-bond donors (Lipinski definition) is 1. The van der Waals surface area contributed by atoms with Crippen molar-refractivity contribution in [1.82, 2.24) is 14.8 Å². The molecule has 1 aliphatic heterocycles. The summed E-state index contributed by atoms with van der Waals surface area (Å²) in [6.07, 6.45) is 0.435. The number of rotatable bonds is 2. The molecule has 0 fully saturated rings. The fourth-order valence-electron chi connectivity index (χ4n) is 3.88. The molecule has 134 valence electrons. The van der Waals surface area contributed by atoms with E-state index in [1.807, 2.05) is 43.3 Å². The maximum Gasteiger partial charge on any atom is 0.226 e. The quantitative estimate of drug-likeness (QED) is 0.559. The number of carbonyl (C=O) groups excluding carboxylic acids is 1. The van der Waals surface area contributed by atoms with E-state index >= 15 is 0 Å². The van der Waals surface area contributed by atoms with E-state index in [4.69, 9.17) is 10.1 Å². The van der Waals surface area contributed by atoms with Crippen molar-refractivity contribution in [2.75, 3.05) is 5.32 Å². The lowest BCUT2D eigenvalue weighted by Crippen LogP contribution is -2.25. The van der Waals surface area contributed by atoms with Crippen molar-refractivity contribution >= 4 is 33.3 Å². The molecule has 5 nitrogen and oxygen atoms in total. The number of fused-ring (bicyclic) bond motifs is 2. The monoisotopic (exact) mass is 374 g/mol. The van der Waals surface area contributed by atoms with Gasteiger partial charge in [-0.05, 0) is 37.1 Å². The van der Waals surface area contributed by atoms with E-state index in [2.05, 4.69) is 24.4 Å². The largest absolute Gasteiger partial charge is 0.310 e. The lowest BCUT2D eigenvalue weighted by molar-refractivity contribution is -0.116. The van der Waals surface area contributed by atoms with Crippen molar-refractivity contribution in [2.45, 2.75) is 26.2 Å². The number of aromatic nitrogens is 3. The summed E-state index contributed by atoms with van der Waals surface area (Å²) in [5.74, 6) is 0.771. The zero-order valence-electron chi connectivity index (χ0n) is 15.1. The number of anilines is 1. The number of aryl methyl sites for hydroxylation is 2. The molecule has 2 aromatic heterocycles. The summed E-state index contributed by atoms with van der Waals surface area (Å²) in [7, 11) is 0. The first-order valence-corrected chi connectivity index (χ1v) is 9.74. The molecule has 1 atom stereocenters. The Morgan fingerprint density at radius 1 is 1.11 bits per heavy atom. The molecule has 1 aliphatic rings. The molecule has 0 bridgehead atoms.